The molecule has 3 heteroatoms. The molecule has 0 unspecified atom stereocenters. The van der Waals surface area contributed by atoms with Gasteiger partial charge in [-0.2, -0.15) is 0 Å². The van der Waals surface area contributed by atoms with Gasteiger partial charge in [0, 0.05) is 49.8 Å². The van der Waals surface area contributed by atoms with Gasteiger partial charge in [-0.15, -0.1) is 0 Å². The van der Waals surface area contributed by atoms with E-state index in [1.807, 2.05) is 0 Å². The van der Waals surface area contributed by atoms with Crippen LogP contribution in [0.5, 0.6) is 0 Å². The molecular weight excluding hydrogens is 727 g/mol. The van der Waals surface area contributed by atoms with Crippen LogP contribution >= 0.6 is 0 Å². The van der Waals surface area contributed by atoms with Crippen LogP contribution in [-0.2, 0) is 0 Å². The van der Waals surface area contributed by atoms with E-state index in [2.05, 4.69) is 222 Å². The molecule has 0 spiro atoms. The minimum absolute atomic E-state index is 0.793. The summed E-state index contributed by atoms with van der Waals surface area (Å²) in [6, 6.07) is 74.7. The fraction of sp³-hybridized carbons (Fsp3) is 0.0175. The van der Waals surface area contributed by atoms with E-state index < -0.39 is 0 Å². The Balaban J connectivity index is 0.971. The molecule has 2 aromatic heterocycles. The van der Waals surface area contributed by atoms with E-state index in [1.165, 1.54) is 82.6 Å². The molecule has 2 heterocycles. The molecule has 0 fully saturated rings. The van der Waals surface area contributed by atoms with Crippen LogP contribution in [0.3, 0.4) is 0 Å². The molecule has 0 atom stereocenters. The molecule has 0 aliphatic heterocycles. The SMILES string of the molecule is Cc1cccc2c1/C(=C(\N)c1cccc(-n3c4ccccc4c4cc(-c5ccc6c(c5)c5ccccc5n6-c5ccc(-c6ccccc6)cc5)ccc43)c1)c1ccccc1-2. The first-order valence-electron chi connectivity index (χ1n) is 20.6. The lowest BCUT2D eigenvalue weighted by Gasteiger charge is -2.14. The molecule has 12 rings (SSSR count). The first kappa shape index (κ1) is 34.2. The summed E-state index contributed by atoms with van der Waals surface area (Å²) in [7, 11) is 0. The van der Waals surface area contributed by atoms with E-state index in [9.17, 15) is 0 Å². The average molecular weight is 766 g/mol. The average Bonchev–Trinajstić information content (AvgIpc) is 3.95. The summed E-state index contributed by atoms with van der Waals surface area (Å²) >= 11 is 0. The second-order valence-corrected chi connectivity index (χ2v) is 16.0. The van der Waals surface area contributed by atoms with E-state index in [0.717, 1.165) is 39.2 Å². The summed E-state index contributed by atoms with van der Waals surface area (Å²) in [5, 5.41) is 4.92. The van der Waals surface area contributed by atoms with Crippen LogP contribution < -0.4 is 5.73 Å². The van der Waals surface area contributed by atoms with Gasteiger partial charge < -0.3 is 14.9 Å². The molecule has 1 aliphatic rings. The van der Waals surface area contributed by atoms with Crippen molar-refractivity contribution in [1.82, 2.24) is 9.13 Å². The molecule has 0 saturated heterocycles. The monoisotopic (exact) mass is 765 g/mol. The number of nitrogens with two attached hydrogens (primary N) is 1. The second kappa shape index (κ2) is 13.3. The van der Waals surface area contributed by atoms with Crippen molar-refractivity contribution in [2.24, 2.45) is 5.73 Å². The van der Waals surface area contributed by atoms with E-state index >= 15 is 0 Å². The zero-order chi connectivity index (χ0) is 39.9. The van der Waals surface area contributed by atoms with E-state index in [0.29, 0.717) is 0 Å². The van der Waals surface area contributed by atoms with Crippen LogP contribution in [0.25, 0.3) is 99.6 Å². The maximum absolute atomic E-state index is 7.24. The highest BCUT2D eigenvalue weighted by atomic mass is 15.0. The van der Waals surface area contributed by atoms with Crippen molar-refractivity contribution in [2.45, 2.75) is 6.92 Å². The number of para-hydroxylation sites is 2. The fourth-order valence-corrected chi connectivity index (χ4v) is 9.83. The number of aromatic nitrogens is 2. The third kappa shape index (κ3) is 5.16. The summed E-state index contributed by atoms with van der Waals surface area (Å²) in [5.74, 6) is 0. The maximum Gasteiger partial charge on any atom is 0.0541 e. The van der Waals surface area contributed by atoms with Gasteiger partial charge in [-0.25, -0.2) is 0 Å². The zero-order valence-electron chi connectivity index (χ0n) is 33.1. The fourth-order valence-electron chi connectivity index (χ4n) is 9.83. The Labute approximate surface area is 348 Å². The summed E-state index contributed by atoms with van der Waals surface area (Å²) in [6.07, 6.45) is 0. The zero-order valence-corrected chi connectivity index (χ0v) is 33.1. The number of rotatable bonds is 5. The third-order valence-electron chi connectivity index (χ3n) is 12.6. The molecule has 2 N–H and O–H groups in total. The molecule has 11 aromatic rings. The number of nitrogens with zero attached hydrogens (tertiary/aromatic N) is 2. The van der Waals surface area contributed by atoms with Crippen molar-refractivity contribution in [1.29, 1.82) is 0 Å². The Kier molecular flexibility index (Phi) is 7.60. The topological polar surface area (TPSA) is 35.9 Å². The van der Waals surface area contributed by atoms with Gasteiger partial charge in [0.2, 0.25) is 0 Å². The van der Waals surface area contributed by atoms with Crippen LogP contribution in [0.1, 0.15) is 22.3 Å². The van der Waals surface area contributed by atoms with Crippen molar-refractivity contribution in [3.05, 3.63) is 229 Å². The molecule has 60 heavy (non-hydrogen) atoms. The number of hydrogen-bond acceptors (Lipinski definition) is 1. The Morgan fingerprint density at radius 3 is 1.57 bits per heavy atom. The lowest BCUT2D eigenvalue weighted by Crippen LogP contribution is -2.03. The summed E-state index contributed by atoms with van der Waals surface area (Å²) < 4.78 is 4.78. The third-order valence-corrected chi connectivity index (χ3v) is 12.6. The normalized spacial score (nSPS) is 13.0. The van der Waals surface area contributed by atoms with Crippen LogP contribution in [0.15, 0.2) is 206 Å². The molecule has 282 valence electrons. The Morgan fingerprint density at radius 2 is 0.883 bits per heavy atom. The number of benzene rings is 9. The van der Waals surface area contributed by atoms with Gasteiger partial charge in [-0.05, 0) is 118 Å². The maximum atomic E-state index is 7.24. The van der Waals surface area contributed by atoms with Crippen LogP contribution in [0.2, 0.25) is 0 Å². The smallest absolute Gasteiger partial charge is 0.0541 e. The minimum Gasteiger partial charge on any atom is -0.398 e. The van der Waals surface area contributed by atoms with Crippen LogP contribution in [0.4, 0.5) is 0 Å². The molecule has 0 bridgehead atoms. The lowest BCUT2D eigenvalue weighted by atomic mass is 9.95. The van der Waals surface area contributed by atoms with Gasteiger partial charge in [-0.3, -0.25) is 0 Å². The summed E-state index contributed by atoms with van der Waals surface area (Å²) in [6.45, 7) is 2.18. The van der Waals surface area contributed by atoms with Gasteiger partial charge in [0.1, 0.15) is 0 Å². The lowest BCUT2D eigenvalue weighted by molar-refractivity contribution is 1.18. The summed E-state index contributed by atoms with van der Waals surface area (Å²) in [5.41, 5.74) is 28.0. The van der Waals surface area contributed by atoms with E-state index in [4.69, 9.17) is 5.73 Å². The second-order valence-electron chi connectivity index (χ2n) is 16.0. The highest BCUT2D eigenvalue weighted by Gasteiger charge is 2.27. The number of aryl methyl sites for hydroxylation is 1. The predicted molar refractivity (Wildman–Crippen MR) is 253 cm³/mol. The van der Waals surface area contributed by atoms with Gasteiger partial charge in [0.15, 0.2) is 0 Å². The summed E-state index contributed by atoms with van der Waals surface area (Å²) in [4.78, 5) is 0. The van der Waals surface area contributed by atoms with Crippen LogP contribution in [0, 0.1) is 6.92 Å². The van der Waals surface area contributed by atoms with E-state index in [1.54, 1.807) is 0 Å². The highest BCUT2D eigenvalue weighted by Crippen LogP contribution is 2.48. The number of hydrogen-bond donors (Lipinski definition) is 1. The predicted octanol–water partition coefficient (Wildman–Crippen LogP) is 14.4. The number of fused-ring (bicyclic) bond motifs is 9. The van der Waals surface area contributed by atoms with Gasteiger partial charge in [0.05, 0.1) is 22.1 Å². The van der Waals surface area contributed by atoms with Crippen molar-refractivity contribution in [3.8, 4) is 44.8 Å². The molecule has 0 saturated carbocycles. The molecule has 1 aliphatic carbocycles. The van der Waals surface area contributed by atoms with Crippen LogP contribution in [-0.4, -0.2) is 9.13 Å². The Hall–Kier alpha value is -7.88. The van der Waals surface area contributed by atoms with E-state index in [-0.39, 0.29) is 0 Å². The van der Waals surface area contributed by atoms with Crippen molar-refractivity contribution in [3.63, 3.8) is 0 Å². The molecular formula is C57H39N3. The Bertz CT molecular complexity index is 3540. The Morgan fingerprint density at radius 1 is 0.367 bits per heavy atom. The van der Waals surface area contributed by atoms with Gasteiger partial charge >= 0.3 is 0 Å². The quantitative estimate of drug-likeness (QED) is 0.186. The minimum atomic E-state index is 0.793. The highest BCUT2D eigenvalue weighted by molar-refractivity contribution is 6.13. The molecule has 9 aromatic carbocycles. The molecule has 3 nitrogen and oxygen atoms in total. The van der Waals surface area contributed by atoms with Crippen molar-refractivity contribution in [2.75, 3.05) is 0 Å². The van der Waals surface area contributed by atoms with Crippen molar-refractivity contribution < 1.29 is 0 Å². The first-order chi connectivity index (χ1) is 29.6. The molecule has 0 radical (unpaired) electrons. The largest absolute Gasteiger partial charge is 0.398 e. The van der Waals surface area contributed by atoms with Gasteiger partial charge in [0.25, 0.3) is 0 Å². The van der Waals surface area contributed by atoms with Crippen molar-refractivity contribution >= 4 is 54.9 Å². The molecule has 0 amide bonds. The van der Waals surface area contributed by atoms with Gasteiger partial charge in [-0.1, -0.05) is 146 Å². The standard InChI is InChI=1S/C57H39N3/c1-36-13-11-22-47-44-18-5-6-21-48(44)56(55(36)47)57(58)41-16-12-17-43(33-41)60-52-24-10-8-20-46(52)50-35-40(28-32-54(50)60)39-27-31-53-49(34-39)45-19-7-9-23-51(45)59(53)42-29-25-38(26-30-42)37-14-3-2-4-15-37/h2-35H,58H2,1H3/b57-56-. The first-order valence-corrected chi connectivity index (χ1v) is 20.6.